The van der Waals surface area contributed by atoms with Crippen LogP contribution in [0, 0.1) is 0 Å². The van der Waals surface area contributed by atoms with Crippen LogP contribution in [0.5, 0.6) is 0 Å². The summed E-state index contributed by atoms with van der Waals surface area (Å²) in [6, 6.07) is 1.61. The van der Waals surface area contributed by atoms with Gasteiger partial charge in [-0.1, -0.05) is 13.8 Å². The molecule has 0 aliphatic carbocycles. The molecule has 5 nitrogen and oxygen atoms in total. The van der Waals surface area contributed by atoms with Gasteiger partial charge in [-0.05, 0) is 13.0 Å². The molecule has 0 aliphatic rings. The van der Waals surface area contributed by atoms with Crippen molar-refractivity contribution in [2.75, 3.05) is 19.0 Å². The van der Waals surface area contributed by atoms with Gasteiger partial charge in [-0.2, -0.15) is 0 Å². The standard InChI is InChI=1S/C5H5N3O.C3H8O.C2H6/c9-4-8-5-1-2-6-3-7-5;1-3-4-2;1-2/h1-4H,(H,6,7,8,9);3H2,1-2H3;1-2H3. The van der Waals surface area contributed by atoms with E-state index in [4.69, 9.17) is 0 Å². The fraction of sp³-hybridized carbons (Fsp3) is 0.500. The SMILES string of the molecule is CC.CCOC.O=CNc1ccncn1. The van der Waals surface area contributed by atoms with E-state index in [0.717, 1.165) is 6.61 Å². The Kier molecular flexibility index (Phi) is 16.0. The summed E-state index contributed by atoms with van der Waals surface area (Å²) in [4.78, 5) is 17.2. The molecule has 0 aliphatic heterocycles. The third kappa shape index (κ3) is 12.5. The van der Waals surface area contributed by atoms with Gasteiger partial charge in [0.15, 0.2) is 0 Å². The summed E-state index contributed by atoms with van der Waals surface area (Å²) >= 11 is 0. The molecule has 5 heteroatoms. The molecule has 0 fully saturated rings. The Morgan fingerprint density at radius 1 is 1.53 bits per heavy atom. The van der Waals surface area contributed by atoms with E-state index in [1.807, 2.05) is 20.8 Å². The molecule has 1 aromatic rings. The second-order valence-corrected chi connectivity index (χ2v) is 1.93. The first-order valence-corrected chi connectivity index (χ1v) is 4.80. The zero-order chi connectivity index (χ0) is 11.9. The Balaban J connectivity index is 0. The number of nitrogens with one attached hydrogen (secondary N) is 1. The molecule has 0 spiro atoms. The maximum absolute atomic E-state index is 9.80. The molecule has 0 bridgehead atoms. The summed E-state index contributed by atoms with van der Waals surface area (Å²) in [6.45, 7) is 6.78. The molecular weight excluding hydrogens is 194 g/mol. The van der Waals surface area contributed by atoms with Crippen LogP contribution in [0.3, 0.4) is 0 Å². The van der Waals surface area contributed by atoms with Crippen molar-refractivity contribution in [3.8, 4) is 0 Å². The first-order valence-electron chi connectivity index (χ1n) is 4.80. The monoisotopic (exact) mass is 213 g/mol. The van der Waals surface area contributed by atoms with Gasteiger partial charge in [0.05, 0.1) is 0 Å². The molecule has 1 amide bonds. The van der Waals surface area contributed by atoms with Crippen LogP contribution < -0.4 is 5.32 Å². The minimum absolute atomic E-state index is 0.514. The number of ether oxygens (including phenoxy) is 1. The number of hydrogen-bond acceptors (Lipinski definition) is 4. The van der Waals surface area contributed by atoms with E-state index in [-0.39, 0.29) is 0 Å². The lowest BCUT2D eigenvalue weighted by molar-refractivity contribution is -0.105. The Bertz CT molecular complexity index is 215. The number of methoxy groups -OCH3 is 1. The average molecular weight is 213 g/mol. The third-order valence-electron chi connectivity index (χ3n) is 1.08. The van der Waals surface area contributed by atoms with E-state index in [1.54, 1.807) is 19.4 Å². The van der Waals surface area contributed by atoms with E-state index in [0.29, 0.717) is 12.2 Å². The van der Waals surface area contributed by atoms with Crippen LogP contribution in [0.1, 0.15) is 20.8 Å². The van der Waals surface area contributed by atoms with Crippen LogP contribution in [0.15, 0.2) is 18.6 Å². The van der Waals surface area contributed by atoms with Crippen LogP contribution in [0.4, 0.5) is 5.82 Å². The molecule has 0 aromatic carbocycles. The first-order chi connectivity index (χ1) is 7.35. The predicted molar refractivity (Wildman–Crippen MR) is 60.6 cm³/mol. The van der Waals surface area contributed by atoms with Crippen LogP contribution in [-0.4, -0.2) is 30.1 Å². The Hall–Kier alpha value is -1.49. The molecule has 0 saturated heterocycles. The summed E-state index contributed by atoms with van der Waals surface area (Å²) in [6.07, 6.45) is 3.49. The van der Waals surface area contributed by atoms with E-state index < -0.39 is 0 Å². The molecule has 0 atom stereocenters. The lowest BCUT2D eigenvalue weighted by atomic mass is 10.6. The highest BCUT2D eigenvalue weighted by molar-refractivity contribution is 5.68. The highest BCUT2D eigenvalue weighted by Crippen LogP contribution is 1.93. The van der Waals surface area contributed by atoms with Crippen molar-refractivity contribution in [2.24, 2.45) is 0 Å². The van der Waals surface area contributed by atoms with Crippen molar-refractivity contribution in [3.05, 3.63) is 18.6 Å². The van der Waals surface area contributed by atoms with Gasteiger partial charge in [-0.3, -0.25) is 4.79 Å². The second-order valence-electron chi connectivity index (χ2n) is 1.93. The highest BCUT2D eigenvalue weighted by atomic mass is 16.5. The second kappa shape index (κ2) is 15.0. The number of carbonyl (C=O) groups excluding carboxylic acids is 1. The molecule has 1 N–H and O–H groups in total. The van der Waals surface area contributed by atoms with Gasteiger partial charge in [-0.25, -0.2) is 9.97 Å². The largest absolute Gasteiger partial charge is 0.385 e. The van der Waals surface area contributed by atoms with E-state index in [9.17, 15) is 4.79 Å². The quantitative estimate of drug-likeness (QED) is 0.776. The predicted octanol–water partition coefficient (Wildman–Crippen LogP) is 1.72. The number of carbonyl (C=O) groups is 1. The van der Waals surface area contributed by atoms with Crippen molar-refractivity contribution < 1.29 is 9.53 Å². The summed E-state index contributed by atoms with van der Waals surface area (Å²) in [5.41, 5.74) is 0. The van der Waals surface area contributed by atoms with Gasteiger partial charge in [0.1, 0.15) is 12.1 Å². The van der Waals surface area contributed by atoms with Gasteiger partial charge >= 0.3 is 0 Å². The van der Waals surface area contributed by atoms with Crippen molar-refractivity contribution >= 4 is 12.2 Å². The Morgan fingerprint density at radius 2 is 2.13 bits per heavy atom. The molecule has 86 valence electrons. The lowest BCUT2D eigenvalue weighted by Crippen LogP contribution is -1.95. The van der Waals surface area contributed by atoms with Crippen molar-refractivity contribution in [1.29, 1.82) is 0 Å². The molecule has 0 saturated carbocycles. The van der Waals surface area contributed by atoms with Gasteiger partial charge in [0.25, 0.3) is 0 Å². The maximum Gasteiger partial charge on any atom is 0.212 e. The molecular formula is C10H19N3O2. The van der Waals surface area contributed by atoms with E-state index in [1.165, 1.54) is 6.33 Å². The first kappa shape index (κ1) is 16.0. The number of anilines is 1. The number of rotatable bonds is 3. The number of nitrogens with zero attached hydrogens (tertiary/aromatic N) is 2. The number of hydrogen-bond donors (Lipinski definition) is 1. The van der Waals surface area contributed by atoms with Crippen LogP contribution in [0.2, 0.25) is 0 Å². The summed E-state index contributed by atoms with van der Waals surface area (Å²) in [7, 11) is 1.68. The van der Waals surface area contributed by atoms with Gasteiger partial charge in [0.2, 0.25) is 6.41 Å². The van der Waals surface area contributed by atoms with E-state index >= 15 is 0 Å². The Labute approximate surface area is 90.9 Å². The molecule has 0 unspecified atom stereocenters. The molecule has 0 radical (unpaired) electrons. The summed E-state index contributed by atoms with van der Waals surface area (Å²) in [5, 5.41) is 2.38. The van der Waals surface area contributed by atoms with Crippen molar-refractivity contribution in [3.63, 3.8) is 0 Å². The van der Waals surface area contributed by atoms with Crippen molar-refractivity contribution in [1.82, 2.24) is 9.97 Å². The van der Waals surface area contributed by atoms with Gasteiger partial charge in [0, 0.05) is 19.9 Å². The van der Waals surface area contributed by atoms with Crippen LogP contribution in [-0.2, 0) is 9.53 Å². The fourth-order valence-corrected chi connectivity index (χ4v) is 0.436. The van der Waals surface area contributed by atoms with Crippen LogP contribution >= 0.6 is 0 Å². The Morgan fingerprint density at radius 3 is 2.47 bits per heavy atom. The summed E-state index contributed by atoms with van der Waals surface area (Å²) in [5.74, 6) is 0.514. The maximum atomic E-state index is 9.80. The zero-order valence-corrected chi connectivity index (χ0v) is 9.73. The normalized spacial score (nSPS) is 7.47. The summed E-state index contributed by atoms with van der Waals surface area (Å²) < 4.78 is 4.54. The third-order valence-corrected chi connectivity index (χ3v) is 1.08. The van der Waals surface area contributed by atoms with Gasteiger partial charge < -0.3 is 10.1 Å². The molecule has 1 rings (SSSR count). The number of aromatic nitrogens is 2. The molecule has 15 heavy (non-hydrogen) atoms. The minimum Gasteiger partial charge on any atom is -0.385 e. The fourth-order valence-electron chi connectivity index (χ4n) is 0.436. The zero-order valence-electron chi connectivity index (χ0n) is 9.73. The minimum atomic E-state index is 0.514. The average Bonchev–Trinajstić information content (AvgIpc) is 2.34. The van der Waals surface area contributed by atoms with E-state index in [2.05, 4.69) is 20.0 Å². The molecule has 1 aromatic heterocycles. The lowest BCUT2D eigenvalue weighted by Gasteiger charge is -1.91. The van der Waals surface area contributed by atoms with Gasteiger partial charge in [-0.15, -0.1) is 0 Å². The topological polar surface area (TPSA) is 64.1 Å². The smallest absolute Gasteiger partial charge is 0.212 e. The van der Waals surface area contributed by atoms with Crippen LogP contribution in [0.25, 0.3) is 0 Å². The highest BCUT2D eigenvalue weighted by Gasteiger charge is 1.84. The molecule has 1 heterocycles. The van der Waals surface area contributed by atoms with Crippen molar-refractivity contribution in [2.45, 2.75) is 20.8 Å². The number of amides is 1.